The molecule has 2 aromatic carbocycles. The average Bonchev–Trinajstić information content (AvgIpc) is 2.74. The van der Waals surface area contributed by atoms with Crippen LogP contribution in [0.1, 0.15) is 41.5 Å². The molecule has 180 valence electrons. The SMILES string of the molecule is C=CC(C)(C)Oc1cc(O)c2c(=O)c3ccc(OC(C)(C)C=C)c(OC(C)(C)C=C)c3oc2c1. The van der Waals surface area contributed by atoms with E-state index in [2.05, 4.69) is 19.7 Å². The van der Waals surface area contributed by atoms with Gasteiger partial charge in [-0.3, -0.25) is 4.79 Å². The van der Waals surface area contributed by atoms with Crippen molar-refractivity contribution in [3.05, 3.63) is 72.5 Å². The van der Waals surface area contributed by atoms with Crippen LogP contribution in [0.3, 0.4) is 0 Å². The van der Waals surface area contributed by atoms with Crippen molar-refractivity contribution in [1.29, 1.82) is 0 Å². The first kappa shape index (κ1) is 25.0. The summed E-state index contributed by atoms with van der Waals surface area (Å²) in [5, 5.41) is 10.9. The third-order valence-corrected chi connectivity index (χ3v) is 5.41. The maximum Gasteiger partial charge on any atom is 0.205 e. The second kappa shape index (κ2) is 8.60. The van der Waals surface area contributed by atoms with E-state index in [1.165, 1.54) is 6.07 Å². The van der Waals surface area contributed by atoms with Crippen molar-refractivity contribution in [1.82, 2.24) is 0 Å². The summed E-state index contributed by atoms with van der Waals surface area (Å²) in [7, 11) is 0. The fourth-order valence-electron chi connectivity index (χ4n) is 3.17. The predicted molar refractivity (Wildman–Crippen MR) is 136 cm³/mol. The summed E-state index contributed by atoms with van der Waals surface area (Å²) in [5.74, 6) is 0.698. The molecule has 1 heterocycles. The Bertz CT molecular complexity index is 1340. The van der Waals surface area contributed by atoms with Crippen LogP contribution in [0.25, 0.3) is 21.9 Å². The molecule has 34 heavy (non-hydrogen) atoms. The molecule has 1 N–H and O–H groups in total. The normalized spacial score (nSPS) is 12.4. The Hall–Kier alpha value is -3.67. The van der Waals surface area contributed by atoms with E-state index in [1.54, 1.807) is 36.4 Å². The van der Waals surface area contributed by atoms with Gasteiger partial charge in [-0.2, -0.15) is 0 Å². The van der Waals surface area contributed by atoms with Crippen LogP contribution in [0.5, 0.6) is 23.0 Å². The third-order valence-electron chi connectivity index (χ3n) is 5.41. The van der Waals surface area contributed by atoms with Gasteiger partial charge >= 0.3 is 0 Å². The van der Waals surface area contributed by atoms with Gasteiger partial charge in [-0.1, -0.05) is 19.7 Å². The number of aromatic hydroxyl groups is 1. The second-order valence-corrected chi connectivity index (χ2v) is 9.75. The van der Waals surface area contributed by atoms with Gasteiger partial charge in [0.25, 0.3) is 0 Å². The van der Waals surface area contributed by atoms with Gasteiger partial charge in [0.15, 0.2) is 11.3 Å². The molecule has 0 fully saturated rings. The quantitative estimate of drug-likeness (QED) is 0.281. The summed E-state index contributed by atoms with van der Waals surface area (Å²) < 4.78 is 24.4. The smallest absolute Gasteiger partial charge is 0.205 e. The predicted octanol–water partition coefficient (Wildman–Crippen LogP) is 6.68. The Labute approximate surface area is 199 Å². The minimum absolute atomic E-state index is 0.0466. The molecule has 0 saturated heterocycles. The summed E-state index contributed by atoms with van der Waals surface area (Å²) in [6, 6.07) is 6.18. The molecule has 6 heteroatoms. The molecule has 6 nitrogen and oxygen atoms in total. The van der Waals surface area contributed by atoms with Crippen LogP contribution in [0.2, 0.25) is 0 Å². The van der Waals surface area contributed by atoms with Crippen molar-refractivity contribution in [3.8, 4) is 23.0 Å². The zero-order chi connectivity index (χ0) is 25.5. The van der Waals surface area contributed by atoms with Crippen LogP contribution in [0.15, 0.2) is 71.4 Å². The van der Waals surface area contributed by atoms with Crippen molar-refractivity contribution < 1.29 is 23.7 Å². The van der Waals surface area contributed by atoms with E-state index >= 15 is 0 Å². The van der Waals surface area contributed by atoms with Gasteiger partial charge in [0.2, 0.25) is 11.2 Å². The summed E-state index contributed by atoms with van der Waals surface area (Å²) in [6.45, 7) is 22.4. The second-order valence-electron chi connectivity index (χ2n) is 9.75. The zero-order valence-electron chi connectivity index (χ0n) is 20.7. The van der Waals surface area contributed by atoms with Crippen molar-refractivity contribution in [2.24, 2.45) is 0 Å². The molecule has 0 bridgehead atoms. The highest BCUT2D eigenvalue weighted by Crippen LogP contribution is 2.41. The lowest BCUT2D eigenvalue weighted by atomic mass is 10.1. The Morgan fingerprint density at radius 2 is 1.41 bits per heavy atom. The van der Waals surface area contributed by atoms with Gasteiger partial charge in [0.1, 0.15) is 39.3 Å². The summed E-state index contributed by atoms with van der Waals surface area (Å²) in [5.41, 5.74) is -2.27. The number of rotatable bonds is 9. The van der Waals surface area contributed by atoms with E-state index in [4.69, 9.17) is 18.6 Å². The molecule has 0 radical (unpaired) electrons. The van der Waals surface area contributed by atoms with E-state index < -0.39 is 22.2 Å². The van der Waals surface area contributed by atoms with Crippen LogP contribution in [-0.2, 0) is 0 Å². The first-order valence-corrected chi connectivity index (χ1v) is 11.0. The first-order chi connectivity index (χ1) is 15.7. The fraction of sp³-hybridized carbons (Fsp3) is 0.321. The molecule has 0 saturated carbocycles. The molecular weight excluding hydrogens is 432 g/mol. The van der Waals surface area contributed by atoms with Crippen molar-refractivity contribution >= 4 is 21.9 Å². The zero-order valence-corrected chi connectivity index (χ0v) is 20.7. The number of fused-ring (bicyclic) bond motifs is 2. The van der Waals surface area contributed by atoms with Crippen molar-refractivity contribution in [3.63, 3.8) is 0 Å². The molecule has 0 aliphatic carbocycles. The third kappa shape index (κ3) is 4.96. The molecule has 0 aliphatic rings. The Kier molecular flexibility index (Phi) is 6.31. The molecule has 3 rings (SSSR count). The lowest BCUT2D eigenvalue weighted by Gasteiger charge is -2.28. The van der Waals surface area contributed by atoms with Crippen molar-refractivity contribution in [2.45, 2.75) is 58.3 Å². The van der Waals surface area contributed by atoms with E-state index in [-0.39, 0.29) is 33.4 Å². The number of ether oxygens (including phenoxy) is 3. The lowest BCUT2D eigenvalue weighted by molar-refractivity contribution is 0.125. The molecule has 0 amide bonds. The maximum absolute atomic E-state index is 13.4. The average molecular weight is 465 g/mol. The highest BCUT2D eigenvalue weighted by Gasteiger charge is 2.27. The number of benzene rings is 2. The number of phenolic OH excluding ortho intramolecular Hbond substituents is 1. The van der Waals surface area contributed by atoms with Crippen LogP contribution in [0.4, 0.5) is 0 Å². The standard InChI is InChI=1S/C28H32O6/c1-10-26(4,5)32-17-15-19(29)22-21(16-17)31-24-18(23(22)30)13-14-20(33-27(6,7)11-2)25(24)34-28(8,9)12-3/h10-16,29H,1-3H2,4-9H3. The van der Waals surface area contributed by atoms with E-state index in [0.29, 0.717) is 11.5 Å². The minimum atomic E-state index is -0.792. The minimum Gasteiger partial charge on any atom is -0.507 e. The van der Waals surface area contributed by atoms with Crippen LogP contribution < -0.4 is 19.6 Å². The van der Waals surface area contributed by atoms with Crippen LogP contribution in [-0.4, -0.2) is 21.9 Å². The van der Waals surface area contributed by atoms with Gasteiger partial charge in [-0.05, 0) is 71.9 Å². The summed E-state index contributed by atoms with van der Waals surface area (Å²) in [6.07, 6.45) is 4.95. The summed E-state index contributed by atoms with van der Waals surface area (Å²) >= 11 is 0. The summed E-state index contributed by atoms with van der Waals surface area (Å²) in [4.78, 5) is 13.4. The largest absolute Gasteiger partial charge is 0.507 e. The van der Waals surface area contributed by atoms with Gasteiger partial charge < -0.3 is 23.7 Å². The number of hydrogen-bond acceptors (Lipinski definition) is 6. The van der Waals surface area contributed by atoms with Gasteiger partial charge in [-0.15, -0.1) is 0 Å². The molecule has 0 spiro atoms. The highest BCUT2D eigenvalue weighted by atomic mass is 16.5. The van der Waals surface area contributed by atoms with Gasteiger partial charge in [0, 0.05) is 12.1 Å². The van der Waals surface area contributed by atoms with Crippen molar-refractivity contribution in [2.75, 3.05) is 0 Å². The van der Waals surface area contributed by atoms with Gasteiger partial charge in [0.05, 0.1) is 5.39 Å². The Balaban J connectivity index is 2.36. The molecule has 0 unspecified atom stereocenters. The molecule has 0 atom stereocenters. The topological polar surface area (TPSA) is 78.1 Å². The number of phenols is 1. The van der Waals surface area contributed by atoms with Gasteiger partial charge in [-0.25, -0.2) is 0 Å². The molecular formula is C28H32O6. The Morgan fingerprint density at radius 3 is 2.00 bits per heavy atom. The number of hydrogen-bond donors (Lipinski definition) is 1. The first-order valence-electron chi connectivity index (χ1n) is 11.0. The fourth-order valence-corrected chi connectivity index (χ4v) is 3.17. The van der Waals surface area contributed by atoms with Crippen LogP contribution >= 0.6 is 0 Å². The molecule has 1 aromatic heterocycles. The molecule has 3 aromatic rings. The van der Waals surface area contributed by atoms with E-state index in [1.807, 2.05) is 41.5 Å². The van der Waals surface area contributed by atoms with E-state index in [0.717, 1.165) is 0 Å². The monoisotopic (exact) mass is 464 g/mol. The lowest BCUT2D eigenvalue weighted by Crippen LogP contribution is -2.28. The molecule has 0 aliphatic heterocycles. The Morgan fingerprint density at radius 1 is 0.853 bits per heavy atom. The maximum atomic E-state index is 13.4. The highest BCUT2D eigenvalue weighted by molar-refractivity contribution is 5.96. The van der Waals surface area contributed by atoms with E-state index in [9.17, 15) is 9.90 Å². The van der Waals surface area contributed by atoms with Crippen LogP contribution in [0, 0.1) is 0 Å².